The van der Waals surface area contributed by atoms with Crippen molar-refractivity contribution in [2.45, 2.75) is 44.0 Å². The van der Waals surface area contributed by atoms with Crippen LogP contribution in [-0.4, -0.2) is 25.9 Å². The van der Waals surface area contributed by atoms with Gasteiger partial charge in [-0.1, -0.05) is 25.8 Å². The van der Waals surface area contributed by atoms with Crippen molar-refractivity contribution in [2.24, 2.45) is 5.73 Å². The molecule has 1 aromatic rings. The van der Waals surface area contributed by atoms with Crippen molar-refractivity contribution in [3.8, 4) is 0 Å². The molecule has 0 spiro atoms. The van der Waals surface area contributed by atoms with Gasteiger partial charge in [0.1, 0.15) is 0 Å². The van der Waals surface area contributed by atoms with Crippen LogP contribution in [0.5, 0.6) is 0 Å². The van der Waals surface area contributed by atoms with Gasteiger partial charge in [-0.25, -0.2) is 13.1 Å². The van der Waals surface area contributed by atoms with Crippen LogP contribution in [0.15, 0.2) is 23.1 Å². The molecular weight excluding hydrogens is 294 g/mol. The second-order valence-electron chi connectivity index (χ2n) is 4.85. The molecular formula is C13H21N3O4S. The van der Waals surface area contributed by atoms with Gasteiger partial charge in [0.05, 0.1) is 9.82 Å². The maximum atomic E-state index is 12.4. The summed E-state index contributed by atoms with van der Waals surface area (Å²) >= 11 is 0. The van der Waals surface area contributed by atoms with Gasteiger partial charge in [-0.05, 0) is 19.4 Å². The predicted molar refractivity (Wildman–Crippen MR) is 80.5 cm³/mol. The molecule has 0 aliphatic heterocycles. The largest absolute Gasteiger partial charge is 0.329 e. The average molecular weight is 315 g/mol. The van der Waals surface area contributed by atoms with Crippen LogP contribution in [0.3, 0.4) is 0 Å². The van der Waals surface area contributed by atoms with Gasteiger partial charge < -0.3 is 5.73 Å². The Morgan fingerprint density at radius 1 is 1.43 bits per heavy atom. The van der Waals surface area contributed by atoms with Crippen LogP contribution in [0, 0.1) is 17.0 Å². The standard InChI is InChI=1S/C13H21N3O4S/c1-3-4-6-11(9-14)15-21(19,20)13-8-5-7-12(10(13)2)16(17)18/h5,7-8,11,15H,3-4,6,9,14H2,1-2H3. The Morgan fingerprint density at radius 3 is 2.62 bits per heavy atom. The Kier molecular flexibility index (Phi) is 6.25. The van der Waals surface area contributed by atoms with Crippen LogP contribution in [0.4, 0.5) is 5.69 Å². The van der Waals surface area contributed by atoms with E-state index in [9.17, 15) is 18.5 Å². The van der Waals surface area contributed by atoms with Gasteiger partial charge in [0.15, 0.2) is 0 Å². The highest BCUT2D eigenvalue weighted by atomic mass is 32.2. The van der Waals surface area contributed by atoms with Gasteiger partial charge in [-0.15, -0.1) is 0 Å². The number of nitrogens with two attached hydrogens (primary N) is 1. The fraction of sp³-hybridized carbons (Fsp3) is 0.538. The highest BCUT2D eigenvalue weighted by molar-refractivity contribution is 7.89. The minimum atomic E-state index is -3.82. The topological polar surface area (TPSA) is 115 Å². The third-order valence-corrected chi connectivity index (χ3v) is 4.92. The fourth-order valence-electron chi connectivity index (χ4n) is 2.05. The Morgan fingerprint density at radius 2 is 2.10 bits per heavy atom. The molecule has 3 N–H and O–H groups in total. The van der Waals surface area contributed by atoms with E-state index in [0.717, 1.165) is 12.8 Å². The molecule has 0 amide bonds. The number of nitrogens with one attached hydrogen (secondary N) is 1. The average Bonchev–Trinajstić information content (AvgIpc) is 2.42. The first-order valence-electron chi connectivity index (χ1n) is 6.79. The zero-order valence-corrected chi connectivity index (χ0v) is 13.0. The number of nitro benzene ring substituents is 1. The maximum Gasteiger partial charge on any atom is 0.273 e. The first kappa shape index (κ1) is 17.5. The molecule has 0 saturated heterocycles. The number of nitrogens with zero attached hydrogens (tertiary/aromatic N) is 1. The van der Waals surface area contributed by atoms with E-state index in [1.54, 1.807) is 0 Å². The third kappa shape index (κ3) is 4.48. The molecule has 0 aliphatic carbocycles. The molecule has 1 rings (SSSR count). The zero-order valence-electron chi connectivity index (χ0n) is 12.2. The minimum absolute atomic E-state index is 0.0772. The Bertz CT molecular complexity index is 601. The number of nitro groups is 1. The smallest absolute Gasteiger partial charge is 0.273 e. The molecule has 0 radical (unpaired) electrons. The Labute approximate surface area is 124 Å². The minimum Gasteiger partial charge on any atom is -0.329 e. The zero-order chi connectivity index (χ0) is 16.0. The lowest BCUT2D eigenvalue weighted by atomic mass is 10.1. The molecule has 1 atom stereocenters. The molecule has 1 aromatic carbocycles. The number of hydrogen-bond acceptors (Lipinski definition) is 5. The van der Waals surface area contributed by atoms with E-state index in [-0.39, 0.29) is 28.7 Å². The summed E-state index contributed by atoms with van der Waals surface area (Å²) in [5.74, 6) is 0. The maximum absolute atomic E-state index is 12.4. The highest BCUT2D eigenvalue weighted by Gasteiger charge is 2.24. The van der Waals surface area contributed by atoms with E-state index in [2.05, 4.69) is 4.72 Å². The molecule has 1 unspecified atom stereocenters. The molecule has 0 aromatic heterocycles. The summed E-state index contributed by atoms with van der Waals surface area (Å²) in [6, 6.07) is 3.64. The van der Waals surface area contributed by atoms with Crippen molar-refractivity contribution in [3.05, 3.63) is 33.9 Å². The van der Waals surface area contributed by atoms with Crippen LogP contribution in [0.1, 0.15) is 31.7 Å². The number of sulfonamides is 1. The van der Waals surface area contributed by atoms with Gasteiger partial charge >= 0.3 is 0 Å². The lowest BCUT2D eigenvalue weighted by molar-refractivity contribution is -0.385. The molecule has 0 aliphatic rings. The SMILES string of the molecule is CCCCC(CN)NS(=O)(=O)c1cccc([N+](=O)[O-])c1C. The summed E-state index contributed by atoms with van der Waals surface area (Å²) in [5, 5.41) is 10.9. The van der Waals surface area contributed by atoms with Crippen LogP contribution in [-0.2, 0) is 10.0 Å². The number of benzene rings is 1. The van der Waals surface area contributed by atoms with Crippen LogP contribution in [0.2, 0.25) is 0 Å². The Balaban J connectivity index is 3.08. The number of unbranched alkanes of at least 4 members (excludes halogenated alkanes) is 1. The van der Waals surface area contributed by atoms with Crippen molar-refractivity contribution in [2.75, 3.05) is 6.54 Å². The molecule has 7 nitrogen and oxygen atoms in total. The first-order chi connectivity index (χ1) is 9.83. The highest BCUT2D eigenvalue weighted by Crippen LogP contribution is 2.24. The number of rotatable bonds is 8. The fourth-order valence-corrected chi connectivity index (χ4v) is 3.60. The molecule has 0 saturated carbocycles. The second kappa shape index (κ2) is 7.48. The van der Waals surface area contributed by atoms with Crippen LogP contribution < -0.4 is 10.5 Å². The summed E-state index contributed by atoms with van der Waals surface area (Å²) in [6.45, 7) is 3.62. The van der Waals surface area contributed by atoms with Gasteiger partial charge in [0.2, 0.25) is 10.0 Å². The molecule has 118 valence electrons. The van der Waals surface area contributed by atoms with E-state index < -0.39 is 14.9 Å². The van der Waals surface area contributed by atoms with Crippen molar-refractivity contribution < 1.29 is 13.3 Å². The predicted octanol–water partition coefficient (Wildman–Crippen LogP) is 1.70. The summed E-state index contributed by atoms with van der Waals surface area (Å²) in [4.78, 5) is 10.2. The summed E-state index contributed by atoms with van der Waals surface area (Å²) in [6.07, 6.45) is 2.44. The lowest BCUT2D eigenvalue weighted by Crippen LogP contribution is -2.40. The third-order valence-electron chi connectivity index (χ3n) is 3.25. The van der Waals surface area contributed by atoms with Gasteiger partial charge in [-0.3, -0.25) is 10.1 Å². The Hall–Kier alpha value is -1.51. The number of hydrogen-bond donors (Lipinski definition) is 2. The summed E-state index contributed by atoms with van der Waals surface area (Å²) in [5.41, 5.74) is 5.49. The monoisotopic (exact) mass is 315 g/mol. The van der Waals surface area contributed by atoms with E-state index >= 15 is 0 Å². The molecule has 0 bridgehead atoms. The second-order valence-corrected chi connectivity index (χ2v) is 6.54. The van der Waals surface area contributed by atoms with E-state index in [4.69, 9.17) is 5.73 Å². The summed E-state index contributed by atoms with van der Waals surface area (Å²) in [7, 11) is -3.82. The van der Waals surface area contributed by atoms with E-state index in [0.29, 0.717) is 6.42 Å². The summed E-state index contributed by atoms with van der Waals surface area (Å²) < 4.78 is 27.3. The van der Waals surface area contributed by atoms with E-state index in [1.807, 2.05) is 6.92 Å². The van der Waals surface area contributed by atoms with Crippen molar-refractivity contribution in [3.63, 3.8) is 0 Å². The van der Waals surface area contributed by atoms with Gasteiger partial charge in [0, 0.05) is 24.2 Å². The quantitative estimate of drug-likeness (QED) is 0.559. The van der Waals surface area contributed by atoms with Crippen LogP contribution in [0.25, 0.3) is 0 Å². The lowest BCUT2D eigenvalue weighted by Gasteiger charge is -2.17. The van der Waals surface area contributed by atoms with Gasteiger partial charge in [-0.2, -0.15) is 0 Å². The molecule has 8 heteroatoms. The van der Waals surface area contributed by atoms with E-state index in [1.165, 1.54) is 25.1 Å². The molecule has 0 fully saturated rings. The van der Waals surface area contributed by atoms with Crippen molar-refractivity contribution in [1.29, 1.82) is 0 Å². The normalized spacial score (nSPS) is 13.1. The van der Waals surface area contributed by atoms with Crippen molar-refractivity contribution >= 4 is 15.7 Å². The van der Waals surface area contributed by atoms with Crippen molar-refractivity contribution in [1.82, 2.24) is 4.72 Å². The van der Waals surface area contributed by atoms with Gasteiger partial charge in [0.25, 0.3) is 5.69 Å². The van der Waals surface area contributed by atoms with Crippen LogP contribution >= 0.6 is 0 Å². The first-order valence-corrected chi connectivity index (χ1v) is 8.28. The molecule has 0 heterocycles. The molecule has 21 heavy (non-hydrogen) atoms.